The first-order valence-electron chi connectivity index (χ1n) is 9.34. The molecule has 0 spiro atoms. The van der Waals surface area contributed by atoms with E-state index in [1.54, 1.807) is 19.1 Å². The van der Waals surface area contributed by atoms with Gasteiger partial charge in [0.2, 0.25) is 0 Å². The fourth-order valence-corrected chi connectivity index (χ4v) is 3.57. The number of unbranched alkanes of at least 4 members (excludes halogenated alkanes) is 1. The quantitative estimate of drug-likeness (QED) is 0.241. The standard InChI is InChI=1S/C20H38O4Si/c1-8-23-19(22)16-18(21)15-13-11-9-10-12-14-17(2)24-25(6,7)20(3,4)5/h9,11,13,15,17-18,21H,8,10,12,14,16H2,1-7H3/b11-9+,15-13+/t17-,18?/m1/s1. The molecule has 0 aromatic carbocycles. The van der Waals surface area contributed by atoms with Crippen molar-refractivity contribution < 1.29 is 19.1 Å². The first kappa shape index (κ1) is 24.1. The van der Waals surface area contributed by atoms with Crippen LogP contribution < -0.4 is 0 Å². The molecule has 5 heteroatoms. The highest BCUT2D eigenvalue weighted by atomic mass is 28.4. The van der Waals surface area contributed by atoms with Gasteiger partial charge >= 0.3 is 5.97 Å². The van der Waals surface area contributed by atoms with Crippen molar-refractivity contribution in [3.63, 3.8) is 0 Å². The molecule has 4 nitrogen and oxygen atoms in total. The topological polar surface area (TPSA) is 55.8 Å². The molecule has 0 aliphatic carbocycles. The Kier molecular flexibility index (Phi) is 11.2. The van der Waals surface area contributed by atoms with Gasteiger partial charge in [-0.25, -0.2) is 0 Å². The van der Waals surface area contributed by atoms with Gasteiger partial charge in [-0.05, 0) is 51.2 Å². The van der Waals surface area contributed by atoms with E-state index < -0.39 is 14.4 Å². The number of ether oxygens (including phenoxy) is 1. The van der Waals surface area contributed by atoms with Crippen molar-refractivity contribution in [1.29, 1.82) is 0 Å². The molecule has 0 aliphatic heterocycles. The molecule has 0 heterocycles. The summed E-state index contributed by atoms with van der Waals surface area (Å²) in [7, 11) is -1.68. The van der Waals surface area contributed by atoms with Crippen molar-refractivity contribution in [2.45, 2.75) is 90.6 Å². The minimum absolute atomic E-state index is 0.000481. The van der Waals surface area contributed by atoms with Crippen LogP contribution in [0.25, 0.3) is 0 Å². The molecule has 0 aromatic heterocycles. The monoisotopic (exact) mass is 370 g/mol. The van der Waals surface area contributed by atoms with Crippen LogP contribution in [0.2, 0.25) is 18.1 Å². The van der Waals surface area contributed by atoms with E-state index in [9.17, 15) is 9.90 Å². The number of aliphatic hydroxyl groups excluding tert-OH is 1. The van der Waals surface area contributed by atoms with E-state index in [1.807, 2.05) is 6.08 Å². The molecule has 0 bridgehead atoms. The zero-order chi connectivity index (χ0) is 19.5. The largest absolute Gasteiger partial charge is 0.466 e. The summed E-state index contributed by atoms with van der Waals surface area (Å²) in [4.78, 5) is 11.2. The molecule has 0 rings (SSSR count). The summed E-state index contributed by atoms with van der Waals surface area (Å²) in [6, 6.07) is 0. The maximum Gasteiger partial charge on any atom is 0.308 e. The third kappa shape index (κ3) is 11.3. The van der Waals surface area contributed by atoms with Crippen LogP contribution in [-0.2, 0) is 14.0 Å². The predicted molar refractivity (Wildman–Crippen MR) is 107 cm³/mol. The molecule has 0 amide bonds. The van der Waals surface area contributed by atoms with Crippen LogP contribution >= 0.6 is 0 Å². The van der Waals surface area contributed by atoms with Gasteiger partial charge in [0.15, 0.2) is 8.32 Å². The molecule has 0 saturated carbocycles. The molecule has 1 N–H and O–H groups in total. The van der Waals surface area contributed by atoms with Crippen LogP contribution in [0.3, 0.4) is 0 Å². The van der Waals surface area contributed by atoms with Crippen LogP contribution in [0.5, 0.6) is 0 Å². The minimum atomic E-state index is -1.68. The SMILES string of the molecule is CCOC(=O)CC(O)/C=C/C=C/CCC[C@@H](C)O[Si](C)(C)C(C)(C)C. The Balaban J connectivity index is 3.99. The van der Waals surface area contributed by atoms with Crippen molar-refractivity contribution in [2.24, 2.45) is 0 Å². The molecule has 146 valence electrons. The van der Waals surface area contributed by atoms with Crippen LogP contribution in [0.1, 0.15) is 60.3 Å². The van der Waals surface area contributed by atoms with Gasteiger partial charge in [0, 0.05) is 6.10 Å². The summed E-state index contributed by atoms with van der Waals surface area (Å²) < 4.78 is 11.1. The summed E-state index contributed by atoms with van der Waals surface area (Å²) in [6.07, 6.45) is 9.97. The zero-order valence-corrected chi connectivity index (χ0v) is 18.2. The van der Waals surface area contributed by atoms with Crippen molar-refractivity contribution in [2.75, 3.05) is 6.61 Å². The average Bonchev–Trinajstić information content (AvgIpc) is 2.44. The van der Waals surface area contributed by atoms with Gasteiger partial charge in [0.05, 0.1) is 19.1 Å². The zero-order valence-electron chi connectivity index (χ0n) is 17.2. The highest BCUT2D eigenvalue weighted by Gasteiger charge is 2.38. The summed E-state index contributed by atoms with van der Waals surface area (Å²) in [5.74, 6) is -0.376. The summed E-state index contributed by atoms with van der Waals surface area (Å²) in [5.41, 5.74) is 0. The average molecular weight is 371 g/mol. The lowest BCUT2D eigenvalue weighted by molar-refractivity contribution is -0.144. The van der Waals surface area contributed by atoms with Crippen LogP contribution in [0, 0.1) is 0 Å². The Morgan fingerprint density at radius 3 is 2.44 bits per heavy atom. The molecular formula is C20H38O4Si. The normalized spacial score (nSPS) is 15.7. The van der Waals surface area contributed by atoms with Gasteiger partial charge in [-0.2, -0.15) is 0 Å². The third-order valence-corrected chi connectivity index (χ3v) is 9.15. The summed E-state index contributed by atoms with van der Waals surface area (Å²) >= 11 is 0. The van der Waals surface area contributed by atoms with Crippen LogP contribution in [0.15, 0.2) is 24.3 Å². The van der Waals surface area contributed by atoms with E-state index in [1.165, 1.54) is 0 Å². The van der Waals surface area contributed by atoms with Crippen LogP contribution in [-0.4, -0.2) is 38.2 Å². The second kappa shape index (κ2) is 11.7. The number of hydrogen-bond acceptors (Lipinski definition) is 4. The summed E-state index contributed by atoms with van der Waals surface area (Å²) in [5, 5.41) is 9.91. The molecular weight excluding hydrogens is 332 g/mol. The van der Waals surface area contributed by atoms with E-state index >= 15 is 0 Å². The minimum Gasteiger partial charge on any atom is -0.466 e. The molecule has 2 atom stereocenters. The molecule has 0 fully saturated rings. The second-order valence-electron chi connectivity index (χ2n) is 8.01. The predicted octanol–water partition coefficient (Wildman–Crippen LogP) is 4.99. The van der Waals surface area contributed by atoms with Gasteiger partial charge in [0.25, 0.3) is 0 Å². The highest BCUT2D eigenvalue weighted by molar-refractivity contribution is 6.74. The van der Waals surface area contributed by atoms with Gasteiger partial charge in [-0.3, -0.25) is 4.79 Å². The van der Waals surface area contributed by atoms with Crippen molar-refractivity contribution >= 4 is 14.3 Å². The number of aliphatic hydroxyl groups is 1. The molecule has 0 saturated heterocycles. The Hall–Kier alpha value is -0.913. The number of rotatable bonds is 11. The van der Waals surface area contributed by atoms with Gasteiger partial charge < -0.3 is 14.3 Å². The van der Waals surface area contributed by atoms with Crippen molar-refractivity contribution in [3.05, 3.63) is 24.3 Å². The summed E-state index contributed by atoms with van der Waals surface area (Å²) in [6.45, 7) is 15.6. The molecule has 0 radical (unpaired) electrons. The molecule has 1 unspecified atom stereocenters. The number of hydrogen-bond donors (Lipinski definition) is 1. The van der Waals surface area contributed by atoms with Gasteiger partial charge in [0.1, 0.15) is 0 Å². The first-order chi connectivity index (χ1) is 11.5. The van der Waals surface area contributed by atoms with Gasteiger partial charge in [-0.1, -0.05) is 45.1 Å². The Morgan fingerprint density at radius 1 is 1.24 bits per heavy atom. The third-order valence-electron chi connectivity index (χ3n) is 4.55. The lowest BCUT2D eigenvalue weighted by atomic mass is 10.1. The van der Waals surface area contributed by atoms with E-state index in [-0.39, 0.29) is 23.5 Å². The smallest absolute Gasteiger partial charge is 0.308 e. The molecule has 0 aromatic rings. The maximum atomic E-state index is 11.2. The molecule has 0 aliphatic rings. The number of carbonyl (C=O) groups excluding carboxylic acids is 1. The maximum absolute atomic E-state index is 11.2. The highest BCUT2D eigenvalue weighted by Crippen LogP contribution is 2.37. The van der Waals surface area contributed by atoms with E-state index in [0.29, 0.717) is 6.61 Å². The number of esters is 1. The lowest BCUT2D eigenvalue weighted by Crippen LogP contribution is -2.43. The second-order valence-corrected chi connectivity index (χ2v) is 12.8. The Bertz CT molecular complexity index is 435. The van der Waals surface area contributed by atoms with Gasteiger partial charge in [-0.15, -0.1) is 0 Å². The van der Waals surface area contributed by atoms with E-state index in [4.69, 9.17) is 9.16 Å². The Labute approximate surface area is 155 Å². The van der Waals surface area contributed by atoms with E-state index in [2.05, 4.69) is 46.9 Å². The number of allylic oxidation sites excluding steroid dienone is 3. The van der Waals surface area contributed by atoms with Crippen molar-refractivity contribution in [3.8, 4) is 0 Å². The van der Waals surface area contributed by atoms with Crippen LogP contribution in [0.4, 0.5) is 0 Å². The molecule has 25 heavy (non-hydrogen) atoms. The van der Waals surface area contributed by atoms with E-state index in [0.717, 1.165) is 19.3 Å². The first-order valence-corrected chi connectivity index (χ1v) is 12.2. The number of carbonyl (C=O) groups is 1. The lowest BCUT2D eigenvalue weighted by Gasteiger charge is -2.38. The Morgan fingerprint density at radius 2 is 1.88 bits per heavy atom. The van der Waals surface area contributed by atoms with Crippen molar-refractivity contribution in [1.82, 2.24) is 0 Å². The fraction of sp³-hybridized carbons (Fsp3) is 0.750. The fourth-order valence-electron chi connectivity index (χ4n) is 2.09.